The molecule has 288 valence electrons. The Labute approximate surface area is 311 Å². The third-order valence-electron chi connectivity index (χ3n) is 6.40. The summed E-state index contributed by atoms with van der Waals surface area (Å²) in [5.41, 5.74) is 19.4. The summed E-state index contributed by atoms with van der Waals surface area (Å²) in [6.45, 7) is 1.81. The lowest BCUT2D eigenvalue weighted by Crippen LogP contribution is -2.39. The van der Waals surface area contributed by atoms with Crippen LogP contribution in [-0.4, -0.2) is 80.8 Å². The first kappa shape index (κ1) is 44.6. The molecule has 2 aromatic carbocycles. The van der Waals surface area contributed by atoms with E-state index in [0.29, 0.717) is 42.9 Å². The van der Waals surface area contributed by atoms with Crippen LogP contribution in [0.4, 0.5) is 37.7 Å². The van der Waals surface area contributed by atoms with Crippen molar-refractivity contribution in [1.82, 2.24) is 5.32 Å². The van der Waals surface area contributed by atoms with Crippen molar-refractivity contribution in [1.29, 1.82) is 5.41 Å². The fourth-order valence-corrected chi connectivity index (χ4v) is 8.76. The van der Waals surface area contributed by atoms with Crippen molar-refractivity contribution >= 4 is 91.2 Å². The summed E-state index contributed by atoms with van der Waals surface area (Å²) in [7, 11) is -2.41. The largest absolute Gasteiger partial charge is 0.458 e. The van der Waals surface area contributed by atoms with Crippen LogP contribution in [0.15, 0.2) is 61.5 Å². The van der Waals surface area contributed by atoms with Gasteiger partial charge in [0, 0.05) is 24.8 Å². The van der Waals surface area contributed by atoms with Gasteiger partial charge < -0.3 is 27.8 Å². The Morgan fingerprint density at radius 1 is 0.943 bits per heavy atom. The van der Waals surface area contributed by atoms with Crippen molar-refractivity contribution in [3.63, 3.8) is 0 Å². The first-order valence-corrected chi connectivity index (χ1v) is 19.0. The number of thiophene rings is 1. The molecule has 3 aromatic rings. The Balaban J connectivity index is 0.000000693. The topological polar surface area (TPSA) is 241 Å². The minimum Gasteiger partial charge on any atom is -0.383 e. The van der Waals surface area contributed by atoms with E-state index in [0.717, 1.165) is 11.3 Å². The summed E-state index contributed by atoms with van der Waals surface area (Å²) in [5.74, 6) is -7.02. The molecule has 0 aliphatic carbocycles. The average molecular weight is 828 g/mol. The van der Waals surface area contributed by atoms with Crippen LogP contribution in [0.1, 0.15) is 16.9 Å². The lowest BCUT2D eigenvalue weighted by atomic mass is 9.97. The number of aliphatic imine (C=N–C) groups is 1. The van der Waals surface area contributed by atoms with Gasteiger partial charge in [0.2, 0.25) is 21.7 Å². The zero-order valence-electron chi connectivity index (χ0n) is 27.7. The first-order chi connectivity index (χ1) is 24.4. The van der Waals surface area contributed by atoms with Crippen molar-refractivity contribution in [3.05, 3.63) is 52.9 Å². The number of hydrogen-bond donors (Lipinski definition) is 6. The molecule has 0 saturated heterocycles. The van der Waals surface area contributed by atoms with E-state index in [4.69, 9.17) is 22.6 Å². The van der Waals surface area contributed by atoms with Gasteiger partial charge in [0.25, 0.3) is 0 Å². The Kier molecular flexibility index (Phi) is 15.5. The summed E-state index contributed by atoms with van der Waals surface area (Å²) in [6, 6.07) is 11.2. The summed E-state index contributed by atoms with van der Waals surface area (Å²) < 4.78 is 94.9. The molecule has 1 heterocycles. The van der Waals surface area contributed by atoms with Gasteiger partial charge in [-0.3, -0.25) is 24.6 Å². The Morgan fingerprint density at radius 2 is 1.55 bits per heavy atom. The number of halogens is 6. The minimum atomic E-state index is -5.77. The summed E-state index contributed by atoms with van der Waals surface area (Å²) in [5, 5.41) is 13.2. The number of alkyl halides is 6. The quantitative estimate of drug-likeness (QED) is 0.0350. The summed E-state index contributed by atoms with van der Waals surface area (Å²) >= 11 is 3.73. The van der Waals surface area contributed by atoms with Crippen molar-refractivity contribution in [2.75, 3.05) is 30.1 Å². The van der Waals surface area contributed by atoms with E-state index in [1.807, 2.05) is 0 Å². The Hall–Kier alpha value is -4.61. The standard InChI is InChI=1S/C26H31N7O4S4.C4F6O2/c1-14-9-16(32-26(29)30)11-18(33-22(35)13-39-8-7-21(34)31-2)23(14)15-5-4-6-17(10-15)41(36,37)20-12-19(24(27)28)40-25(20)38-3;5-3(6,7)1(11)2(12)4(8,9)10/h4-6,9-12H,7-8,13H2,1-3H3,(H3,27,28)(H,31,34)(H,33,35)(H4,29,30,32);. The highest BCUT2D eigenvalue weighted by Crippen LogP contribution is 2.40. The molecule has 13 nitrogen and oxygen atoms in total. The maximum Gasteiger partial charge on any atom is 0.458 e. The normalized spacial score (nSPS) is 11.5. The predicted octanol–water partition coefficient (Wildman–Crippen LogP) is 4.52. The van der Waals surface area contributed by atoms with Crippen molar-refractivity contribution < 1.29 is 53.9 Å². The molecule has 0 spiro atoms. The van der Waals surface area contributed by atoms with Crippen molar-refractivity contribution in [2.45, 2.75) is 39.7 Å². The number of hydrogen-bond acceptors (Lipinski definition) is 11. The van der Waals surface area contributed by atoms with Crippen LogP contribution >= 0.6 is 34.9 Å². The van der Waals surface area contributed by atoms with Gasteiger partial charge >= 0.3 is 23.9 Å². The number of carbonyl (C=O) groups is 4. The van der Waals surface area contributed by atoms with Gasteiger partial charge in [0.15, 0.2) is 5.96 Å². The van der Waals surface area contributed by atoms with Crippen LogP contribution in [0.5, 0.6) is 0 Å². The molecule has 0 unspecified atom stereocenters. The molecule has 9 N–H and O–H groups in total. The third kappa shape index (κ3) is 12.5. The van der Waals surface area contributed by atoms with Crippen molar-refractivity contribution in [3.8, 4) is 11.1 Å². The lowest BCUT2D eigenvalue weighted by molar-refractivity contribution is -0.193. The van der Waals surface area contributed by atoms with Gasteiger partial charge in [-0.2, -0.15) is 38.1 Å². The molecule has 0 aliphatic heterocycles. The van der Waals surface area contributed by atoms with Gasteiger partial charge in [-0.05, 0) is 54.6 Å². The van der Waals surface area contributed by atoms with Gasteiger partial charge in [0.1, 0.15) is 5.84 Å². The molecule has 0 bridgehead atoms. The molecule has 2 amide bonds. The maximum absolute atomic E-state index is 13.7. The second-order valence-corrected chi connectivity index (χ2v) is 15.5. The molecule has 3 rings (SSSR count). The van der Waals surface area contributed by atoms with Crippen LogP contribution in [0.3, 0.4) is 0 Å². The van der Waals surface area contributed by atoms with Crippen LogP contribution in [0, 0.1) is 12.3 Å². The van der Waals surface area contributed by atoms with Gasteiger partial charge in [-0.1, -0.05) is 12.1 Å². The van der Waals surface area contributed by atoms with E-state index >= 15 is 0 Å². The number of amidine groups is 1. The SMILES string of the molecule is CNC(=O)CCSCC(=O)Nc1cc(N=C(N)N)cc(C)c1-c1cccc(S(=O)(=O)c2cc(C(=N)N)sc2SC)c1.O=C(C(=O)C(F)(F)F)C(F)(F)F. The number of carbonyl (C=O) groups excluding carboxylic acids is 4. The number of aryl methyl sites for hydroxylation is 1. The Bertz CT molecular complexity index is 2010. The number of amides is 2. The highest BCUT2D eigenvalue weighted by molar-refractivity contribution is 8.01. The number of anilines is 1. The third-order valence-corrected chi connectivity index (χ3v) is 11.7. The highest BCUT2D eigenvalue weighted by atomic mass is 32.2. The van der Waals surface area contributed by atoms with E-state index in [-0.39, 0.29) is 45.6 Å². The number of ketones is 2. The highest BCUT2D eigenvalue weighted by Gasteiger charge is 2.54. The lowest BCUT2D eigenvalue weighted by Gasteiger charge is -2.16. The van der Waals surface area contributed by atoms with Crippen LogP contribution in [0.2, 0.25) is 0 Å². The number of nitrogens with one attached hydrogen (secondary N) is 3. The molecule has 0 fully saturated rings. The maximum atomic E-state index is 13.7. The number of thioether (sulfide) groups is 2. The molecular weight excluding hydrogens is 797 g/mol. The molecule has 53 heavy (non-hydrogen) atoms. The van der Waals surface area contributed by atoms with Gasteiger partial charge in [0.05, 0.1) is 36.0 Å². The number of nitrogen functional groups attached to an aromatic ring is 1. The van der Waals surface area contributed by atoms with Gasteiger partial charge in [-0.25, -0.2) is 13.4 Å². The van der Waals surface area contributed by atoms with E-state index in [2.05, 4.69) is 15.6 Å². The van der Waals surface area contributed by atoms with E-state index < -0.39 is 33.8 Å². The predicted molar refractivity (Wildman–Crippen MR) is 191 cm³/mol. The first-order valence-electron chi connectivity index (χ1n) is 14.4. The van der Waals surface area contributed by atoms with E-state index in [9.17, 15) is 53.9 Å². The van der Waals surface area contributed by atoms with E-state index in [1.54, 1.807) is 50.6 Å². The second kappa shape index (κ2) is 18.4. The average Bonchev–Trinajstić information content (AvgIpc) is 3.51. The summed E-state index contributed by atoms with van der Waals surface area (Å²) in [6.07, 6.45) is -9.49. The molecular formula is C30H31F6N7O6S4. The zero-order valence-corrected chi connectivity index (χ0v) is 31.0. The number of guanidine groups is 1. The monoisotopic (exact) mass is 827 g/mol. The Morgan fingerprint density at radius 3 is 2.06 bits per heavy atom. The molecule has 23 heteroatoms. The molecule has 0 aliphatic rings. The number of sulfone groups is 1. The van der Waals surface area contributed by atoms with Crippen molar-refractivity contribution in [2.24, 2.45) is 22.2 Å². The second-order valence-electron chi connectivity index (χ2n) is 10.3. The number of rotatable bonds is 13. The van der Waals surface area contributed by atoms with E-state index in [1.165, 1.54) is 35.7 Å². The van der Waals surface area contributed by atoms with Crippen LogP contribution in [-0.2, 0) is 29.0 Å². The fourth-order valence-electron chi connectivity index (χ4n) is 4.13. The molecule has 0 saturated carbocycles. The summed E-state index contributed by atoms with van der Waals surface area (Å²) in [4.78, 5) is 48.1. The molecule has 0 radical (unpaired) electrons. The van der Waals surface area contributed by atoms with Crippen LogP contribution < -0.4 is 27.8 Å². The molecule has 0 atom stereocenters. The zero-order chi connectivity index (χ0) is 40.5. The number of nitrogens with two attached hydrogens (primary N) is 3. The fraction of sp³-hybridized carbons (Fsp3) is 0.267. The molecule has 1 aromatic heterocycles. The smallest absolute Gasteiger partial charge is 0.383 e. The minimum absolute atomic E-state index is 0.0490. The number of nitrogens with zero attached hydrogens (tertiary/aromatic N) is 1. The van der Waals surface area contributed by atoms with Gasteiger partial charge in [-0.15, -0.1) is 23.1 Å². The van der Waals surface area contributed by atoms with Crippen LogP contribution in [0.25, 0.3) is 11.1 Å². The number of benzene rings is 2. The number of Topliss-reactive ketones (excluding diaryl/α,β-unsaturated/α-hetero) is 2.